The van der Waals surface area contributed by atoms with Crippen molar-refractivity contribution in [2.75, 3.05) is 26.9 Å². The molecule has 0 aliphatic carbocycles. The monoisotopic (exact) mass is 342 g/mol. The van der Waals surface area contributed by atoms with Gasteiger partial charge in [-0.2, -0.15) is 0 Å². The van der Waals surface area contributed by atoms with E-state index < -0.39 is 5.97 Å². The van der Waals surface area contributed by atoms with Crippen molar-refractivity contribution in [1.29, 1.82) is 0 Å². The van der Waals surface area contributed by atoms with Crippen LogP contribution in [0.3, 0.4) is 0 Å². The summed E-state index contributed by atoms with van der Waals surface area (Å²) in [5.74, 6) is 1.51. The standard InChI is InChI=1S/C20H22O5/c1-3-20(12-23-13-20)14-24-17-6-4-15(5-7-17)19(21)25-18-10-8-16(22-2)9-11-18/h4-11H,3,12-14H2,1-2H3. The van der Waals surface area contributed by atoms with Gasteiger partial charge in [0.05, 0.1) is 37.9 Å². The number of carbonyl (C=O) groups is 1. The molecule has 3 rings (SSSR count). The Morgan fingerprint density at radius 3 is 2.12 bits per heavy atom. The van der Waals surface area contributed by atoms with Gasteiger partial charge in [-0.05, 0) is 55.0 Å². The minimum absolute atomic E-state index is 0.131. The van der Waals surface area contributed by atoms with Gasteiger partial charge in [0.1, 0.15) is 17.2 Å². The first kappa shape index (κ1) is 17.3. The SMILES string of the molecule is CCC1(COc2ccc(C(=O)Oc3ccc(OC)cc3)cc2)COC1. The number of carbonyl (C=O) groups excluding carboxylic acids is 1. The van der Waals surface area contributed by atoms with Crippen LogP contribution in [-0.4, -0.2) is 32.9 Å². The smallest absolute Gasteiger partial charge is 0.343 e. The van der Waals surface area contributed by atoms with Crippen LogP contribution >= 0.6 is 0 Å². The summed E-state index contributed by atoms with van der Waals surface area (Å²) < 4.78 is 21.5. The van der Waals surface area contributed by atoms with Crippen molar-refractivity contribution in [3.63, 3.8) is 0 Å². The first-order valence-electron chi connectivity index (χ1n) is 8.31. The van der Waals surface area contributed by atoms with Crippen LogP contribution in [0.25, 0.3) is 0 Å². The Kier molecular flexibility index (Phi) is 5.24. The summed E-state index contributed by atoms with van der Waals surface area (Å²) in [5.41, 5.74) is 0.603. The predicted octanol–water partition coefficient (Wildman–Crippen LogP) is 3.72. The maximum absolute atomic E-state index is 12.2. The number of benzene rings is 2. The second kappa shape index (κ2) is 7.57. The second-order valence-electron chi connectivity index (χ2n) is 6.22. The van der Waals surface area contributed by atoms with Crippen molar-refractivity contribution in [3.8, 4) is 17.2 Å². The molecule has 5 nitrogen and oxygen atoms in total. The summed E-state index contributed by atoms with van der Waals surface area (Å²) in [6, 6.07) is 13.9. The molecule has 1 aliphatic rings. The van der Waals surface area contributed by atoms with Crippen molar-refractivity contribution in [3.05, 3.63) is 54.1 Å². The molecular formula is C20H22O5. The Labute approximate surface area is 147 Å². The van der Waals surface area contributed by atoms with Crippen molar-refractivity contribution in [2.24, 2.45) is 5.41 Å². The Balaban J connectivity index is 1.56. The van der Waals surface area contributed by atoms with Gasteiger partial charge >= 0.3 is 5.97 Å². The summed E-state index contributed by atoms with van der Waals surface area (Å²) in [5, 5.41) is 0. The molecule has 0 bridgehead atoms. The molecule has 1 aliphatic heterocycles. The van der Waals surface area contributed by atoms with Crippen LogP contribution in [0.4, 0.5) is 0 Å². The first-order chi connectivity index (χ1) is 12.1. The molecule has 0 atom stereocenters. The first-order valence-corrected chi connectivity index (χ1v) is 8.31. The highest BCUT2D eigenvalue weighted by molar-refractivity contribution is 5.91. The highest BCUT2D eigenvalue weighted by Crippen LogP contribution is 2.32. The third-order valence-electron chi connectivity index (χ3n) is 4.47. The lowest BCUT2D eigenvalue weighted by atomic mass is 9.84. The molecule has 0 N–H and O–H groups in total. The molecule has 0 radical (unpaired) electrons. The van der Waals surface area contributed by atoms with Gasteiger partial charge in [0, 0.05) is 0 Å². The Bertz CT molecular complexity index is 696. The van der Waals surface area contributed by atoms with Crippen LogP contribution in [0.15, 0.2) is 48.5 Å². The highest BCUT2D eigenvalue weighted by Gasteiger charge is 2.37. The molecule has 5 heteroatoms. The van der Waals surface area contributed by atoms with Gasteiger partial charge in [0.15, 0.2) is 0 Å². The van der Waals surface area contributed by atoms with Crippen molar-refractivity contribution < 1.29 is 23.7 Å². The molecule has 0 unspecified atom stereocenters. The Morgan fingerprint density at radius 2 is 1.60 bits per heavy atom. The maximum atomic E-state index is 12.2. The van der Waals surface area contributed by atoms with Gasteiger partial charge in [-0.15, -0.1) is 0 Å². The average Bonchev–Trinajstić information content (AvgIpc) is 2.62. The molecule has 132 valence electrons. The maximum Gasteiger partial charge on any atom is 0.343 e. The minimum atomic E-state index is -0.408. The van der Waals surface area contributed by atoms with Gasteiger partial charge in [-0.3, -0.25) is 0 Å². The van der Waals surface area contributed by atoms with Crippen molar-refractivity contribution in [2.45, 2.75) is 13.3 Å². The van der Waals surface area contributed by atoms with E-state index in [1.54, 1.807) is 55.6 Å². The van der Waals surface area contributed by atoms with E-state index in [0.717, 1.165) is 25.4 Å². The van der Waals surface area contributed by atoms with Gasteiger partial charge in [0.25, 0.3) is 0 Å². The molecule has 2 aromatic carbocycles. The lowest BCUT2D eigenvalue weighted by Crippen LogP contribution is -2.46. The second-order valence-corrected chi connectivity index (χ2v) is 6.22. The zero-order chi connectivity index (χ0) is 17.7. The molecule has 0 amide bonds. The lowest BCUT2D eigenvalue weighted by Gasteiger charge is -2.40. The van der Waals surface area contributed by atoms with Gasteiger partial charge in [0.2, 0.25) is 0 Å². The number of ether oxygens (including phenoxy) is 4. The molecule has 0 spiro atoms. The van der Waals surface area contributed by atoms with Gasteiger partial charge in [-0.25, -0.2) is 4.79 Å². The molecule has 2 aromatic rings. The van der Waals surface area contributed by atoms with Crippen LogP contribution < -0.4 is 14.2 Å². The van der Waals surface area contributed by atoms with E-state index in [2.05, 4.69) is 6.92 Å². The largest absolute Gasteiger partial charge is 0.497 e. The number of hydrogen-bond acceptors (Lipinski definition) is 5. The fourth-order valence-electron chi connectivity index (χ4n) is 2.51. The lowest BCUT2D eigenvalue weighted by molar-refractivity contribution is -0.133. The van der Waals surface area contributed by atoms with E-state index in [9.17, 15) is 4.79 Å². The van der Waals surface area contributed by atoms with Crippen LogP contribution in [-0.2, 0) is 4.74 Å². The minimum Gasteiger partial charge on any atom is -0.497 e. The number of esters is 1. The Hall–Kier alpha value is -2.53. The summed E-state index contributed by atoms with van der Waals surface area (Å²) in [6.45, 7) is 4.26. The summed E-state index contributed by atoms with van der Waals surface area (Å²) in [6.07, 6.45) is 1.03. The predicted molar refractivity (Wildman–Crippen MR) is 93.4 cm³/mol. The zero-order valence-corrected chi connectivity index (χ0v) is 14.5. The van der Waals surface area contributed by atoms with Crippen LogP contribution in [0.5, 0.6) is 17.2 Å². The molecule has 0 saturated carbocycles. The molecule has 1 fully saturated rings. The summed E-state index contributed by atoms with van der Waals surface area (Å²) in [7, 11) is 1.59. The normalized spacial score (nSPS) is 15.1. The highest BCUT2D eigenvalue weighted by atomic mass is 16.5. The van der Waals surface area contributed by atoms with Gasteiger partial charge in [-0.1, -0.05) is 6.92 Å². The molecular weight excluding hydrogens is 320 g/mol. The average molecular weight is 342 g/mol. The number of rotatable bonds is 7. The van der Waals surface area contributed by atoms with Crippen LogP contribution in [0.2, 0.25) is 0 Å². The van der Waals surface area contributed by atoms with E-state index >= 15 is 0 Å². The van der Waals surface area contributed by atoms with Crippen LogP contribution in [0, 0.1) is 5.41 Å². The van der Waals surface area contributed by atoms with Crippen molar-refractivity contribution >= 4 is 5.97 Å². The van der Waals surface area contributed by atoms with Crippen molar-refractivity contribution in [1.82, 2.24) is 0 Å². The van der Waals surface area contributed by atoms with Crippen LogP contribution in [0.1, 0.15) is 23.7 Å². The van der Waals surface area contributed by atoms with E-state index in [-0.39, 0.29) is 5.41 Å². The fraction of sp³-hybridized carbons (Fsp3) is 0.350. The van der Waals surface area contributed by atoms with Gasteiger partial charge < -0.3 is 18.9 Å². The third kappa shape index (κ3) is 4.12. The molecule has 1 heterocycles. The quantitative estimate of drug-likeness (QED) is 0.567. The van der Waals surface area contributed by atoms with E-state index in [1.165, 1.54) is 0 Å². The number of methoxy groups -OCH3 is 1. The number of hydrogen-bond donors (Lipinski definition) is 0. The molecule has 1 saturated heterocycles. The summed E-state index contributed by atoms with van der Waals surface area (Å²) >= 11 is 0. The van der Waals surface area contributed by atoms with E-state index in [1.807, 2.05) is 0 Å². The Morgan fingerprint density at radius 1 is 1.00 bits per heavy atom. The van der Waals surface area contributed by atoms with E-state index in [0.29, 0.717) is 23.7 Å². The third-order valence-corrected chi connectivity index (χ3v) is 4.47. The van der Waals surface area contributed by atoms with E-state index in [4.69, 9.17) is 18.9 Å². The molecule has 0 aromatic heterocycles. The fourth-order valence-corrected chi connectivity index (χ4v) is 2.51. The topological polar surface area (TPSA) is 54.0 Å². The molecule has 25 heavy (non-hydrogen) atoms. The zero-order valence-electron chi connectivity index (χ0n) is 14.5. The summed E-state index contributed by atoms with van der Waals surface area (Å²) in [4.78, 5) is 12.2.